The lowest BCUT2D eigenvalue weighted by atomic mass is 10.0. The predicted octanol–water partition coefficient (Wildman–Crippen LogP) is 3.37. The zero-order chi connectivity index (χ0) is 21.6. The number of hydrazone groups is 1. The molecule has 0 aliphatic rings. The SMILES string of the molecule is Cc1cccc2nc(C(=O)OCC(=O)NN=C(c3ccccc3)c3ccccc3)cn12. The molecule has 0 bridgehead atoms. The quantitative estimate of drug-likeness (QED) is 0.299. The summed E-state index contributed by atoms with van der Waals surface area (Å²) >= 11 is 0. The second kappa shape index (κ2) is 9.04. The van der Waals surface area contributed by atoms with Crippen LogP contribution in [0.15, 0.2) is 90.2 Å². The molecule has 0 aliphatic carbocycles. The third-order valence-electron chi connectivity index (χ3n) is 4.63. The van der Waals surface area contributed by atoms with Crippen LogP contribution in [0.3, 0.4) is 0 Å². The minimum absolute atomic E-state index is 0.139. The van der Waals surface area contributed by atoms with Gasteiger partial charge in [0, 0.05) is 23.0 Å². The Hall–Kier alpha value is -4.26. The molecule has 1 N–H and O–H groups in total. The van der Waals surface area contributed by atoms with Crippen LogP contribution in [0.25, 0.3) is 5.65 Å². The van der Waals surface area contributed by atoms with E-state index in [1.54, 1.807) is 16.7 Å². The van der Waals surface area contributed by atoms with E-state index in [9.17, 15) is 9.59 Å². The fraction of sp³-hybridized carbons (Fsp3) is 0.0833. The van der Waals surface area contributed by atoms with Crippen molar-refractivity contribution >= 4 is 23.2 Å². The molecule has 2 heterocycles. The summed E-state index contributed by atoms with van der Waals surface area (Å²) < 4.78 is 6.89. The summed E-state index contributed by atoms with van der Waals surface area (Å²) in [4.78, 5) is 28.8. The molecule has 0 saturated heterocycles. The first-order chi connectivity index (χ1) is 15.1. The lowest BCUT2D eigenvalue weighted by Gasteiger charge is -2.08. The van der Waals surface area contributed by atoms with Crippen LogP contribution in [-0.4, -0.2) is 33.6 Å². The average Bonchev–Trinajstić information content (AvgIpc) is 3.25. The van der Waals surface area contributed by atoms with Crippen LogP contribution in [0, 0.1) is 6.92 Å². The van der Waals surface area contributed by atoms with Crippen molar-refractivity contribution in [3.05, 3.63) is 108 Å². The fourth-order valence-corrected chi connectivity index (χ4v) is 3.09. The van der Waals surface area contributed by atoms with Gasteiger partial charge in [0.1, 0.15) is 5.65 Å². The summed E-state index contributed by atoms with van der Waals surface area (Å²) in [5.74, 6) is -1.22. The number of rotatable bonds is 6. The number of nitrogens with zero attached hydrogens (tertiary/aromatic N) is 3. The molecule has 0 saturated carbocycles. The van der Waals surface area contributed by atoms with Gasteiger partial charge in [0.15, 0.2) is 12.3 Å². The summed E-state index contributed by atoms with van der Waals surface area (Å²) in [6, 6.07) is 24.6. The number of aromatic nitrogens is 2. The van der Waals surface area contributed by atoms with Crippen LogP contribution in [0.5, 0.6) is 0 Å². The van der Waals surface area contributed by atoms with Crippen molar-refractivity contribution in [2.24, 2.45) is 5.10 Å². The number of benzene rings is 2. The number of esters is 1. The van der Waals surface area contributed by atoms with E-state index in [1.807, 2.05) is 79.7 Å². The third kappa shape index (κ3) is 4.67. The molecule has 7 heteroatoms. The van der Waals surface area contributed by atoms with Crippen molar-refractivity contribution in [1.29, 1.82) is 0 Å². The molecule has 7 nitrogen and oxygen atoms in total. The Labute approximate surface area is 179 Å². The van der Waals surface area contributed by atoms with E-state index in [2.05, 4.69) is 15.5 Å². The molecule has 154 valence electrons. The van der Waals surface area contributed by atoms with Crippen molar-refractivity contribution in [2.75, 3.05) is 6.61 Å². The third-order valence-corrected chi connectivity index (χ3v) is 4.63. The van der Waals surface area contributed by atoms with Gasteiger partial charge in [-0.1, -0.05) is 66.7 Å². The second-order valence-electron chi connectivity index (χ2n) is 6.83. The molecule has 0 fully saturated rings. The minimum Gasteiger partial charge on any atom is -0.451 e. The number of pyridine rings is 1. The number of ether oxygens (including phenoxy) is 1. The van der Waals surface area contributed by atoms with Gasteiger partial charge in [-0.15, -0.1) is 0 Å². The Morgan fingerprint density at radius 2 is 1.58 bits per heavy atom. The highest BCUT2D eigenvalue weighted by Crippen LogP contribution is 2.11. The number of amides is 1. The van der Waals surface area contributed by atoms with E-state index >= 15 is 0 Å². The van der Waals surface area contributed by atoms with Gasteiger partial charge in [-0.3, -0.25) is 4.79 Å². The molecule has 0 unspecified atom stereocenters. The molecule has 0 radical (unpaired) electrons. The number of carbonyl (C=O) groups excluding carboxylic acids is 2. The second-order valence-corrected chi connectivity index (χ2v) is 6.83. The highest BCUT2D eigenvalue weighted by molar-refractivity contribution is 6.13. The highest BCUT2D eigenvalue weighted by Gasteiger charge is 2.15. The first kappa shape index (κ1) is 20.0. The molecular formula is C24H20N4O3. The Balaban J connectivity index is 1.43. The van der Waals surface area contributed by atoms with E-state index in [0.29, 0.717) is 11.4 Å². The Morgan fingerprint density at radius 3 is 2.19 bits per heavy atom. The molecule has 0 atom stereocenters. The average molecular weight is 412 g/mol. The number of nitrogens with one attached hydrogen (secondary N) is 1. The maximum absolute atomic E-state index is 12.3. The number of imidazole rings is 1. The number of hydrogen-bond acceptors (Lipinski definition) is 5. The molecule has 0 aliphatic heterocycles. The zero-order valence-electron chi connectivity index (χ0n) is 16.9. The smallest absolute Gasteiger partial charge is 0.359 e. The van der Waals surface area contributed by atoms with Crippen molar-refractivity contribution in [3.8, 4) is 0 Å². The number of carbonyl (C=O) groups is 2. The topological polar surface area (TPSA) is 85.1 Å². The standard InChI is InChI=1S/C24H20N4O3/c1-17-9-8-14-21-25-20(15-28(17)21)24(30)31-16-22(29)26-27-23(18-10-4-2-5-11-18)19-12-6-3-7-13-19/h2-15H,16H2,1H3,(H,26,29). The van der Waals surface area contributed by atoms with Crippen LogP contribution in [-0.2, 0) is 9.53 Å². The van der Waals surface area contributed by atoms with Crippen molar-refractivity contribution in [3.63, 3.8) is 0 Å². The zero-order valence-corrected chi connectivity index (χ0v) is 16.9. The maximum Gasteiger partial charge on any atom is 0.359 e. The summed E-state index contributed by atoms with van der Waals surface area (Å²) in [5, 5.41) is 4.27. The van der Waals surface area contributed by atoms with Crippen LogP contribution < -0.4 is 5.43 Å². The number of aryl methyl sites for hydroxylation is 1. The van der Waals surface area contributed by atoms with Gasteiger partial charge < -0.3 is 9.14 Å². The summed E-state index contributed by atoms with van der Waals surface area (Å²) in [7, 11) is 0. The first-order valence-corrected chi connectivity index (χ1v) is 9.71. The van der Waals surface area contributed by atoms with Gasteiger partial charge in [-0.05, 0) is 19.1 Å². The molecule has 2 aromatic carbocycles. The van der Waals surface area contributed by atoms with Crippen LogP contribution >= 0.6 is 0 Å². The summed E-state index contributed by atoms with van der Waals surface area (Å²) in [5.41, 5.74) is 6.49. The Morgan fingerprint density at radius 1 is 0.935 bits per heavy atom. The van der Waals surface area contributed by atoms with E-state index in [-0.39, 0.29) is 5.69 Å². The number of hydrogen-bond donors (Lipinski definition) is 1. The van der Waals surface area contributed by atoms with E-state index in [0.717, 1.165) is 16.8 Å². The lowest BCUT2D eigenvalue weighted by molar-refractivity contribution is -0.124. The minimum atomic E-state index is -0.673. The molecular weight excluding hydrogens is 392 g/mol. The first-order valence-electron chi connectivity index (χ1n) is 9.71. The van der Waals surface area contributed by atoms with E-state index < -0.39 is 18.5 Å². The lowest BCUT2D eigenvalue weighted by Crippen LogP contribution is -2.26. The van der Waals surface area contributed by atoms with Gasteiger partial charge in [-0.2, -0.15) is 5.10 Å². The van der Waals surface area contributed by atoms with Crippen molar-refractivity contribution < 1.29 is 14.3 Å². The monoisotopic (exact) mass is 412 g/mol. The summed E-state index contributed by atoms with van der Waals surface area (Å²) in [6.45, 7) is 1.44. The molecule has 31 heavy (non-hydrogen) atoms. The maximum atomic E-state index is 12.3. The van der Waals surface area contributed by atoms with Crippen LogP contribution in [0.1, 0.15) is 27.3 Å². The van der Waals surface area contributed by atoms with Gasteiger partial charge in [0.05, 0.1) is 5.71 Å². The fourth-order valence-electron chi connectivity index (χ4n) is 3.09. The number of fused-ring (bicyclic) bond motifs is 1. The summed E-state index contributed by atoms with van der Waals surface area (Å²) in [6.07, 6.45) is 1.59. The van der Waals surface area contributed by atoms with Crippen molar-refractivity contribution in [1.82, 2.24) is 14.8 Å². The van der Waals surface area contributed by atoms with E-state index in [4.69, 9.17) is 4.74 Å². The molecule has 2 aromatic heterocycles. The predicted molar refractivity (Wildman–Crippen MR) is 117 cm³/mol. The molecule has 4 aromatic rings. The molecule has 1 amide bonds. The van der Waals surface area contributed by atoms with Crippen molar-refractivity contribution in [2.45, 2.75) is 6.92 Å². The largest absolute Gasteiger partial charge is 0.451 e. The van der Waals surface area contributed by atoms with Gasteiger partial charge in [-0.25, -0.2) is 15.2 Å². The van der Waals surface area contributed by atoms with Gasteiger partial charge in [0.25, 0.3) is 5.91 Å². The highest BCUT2D eigenvalue weighted by atomic mass is 16.5. The normalized spacial score (nSPS) is 10.5. The Bertz CT molecular complexity index is 1210. The van der Waals surface area contributed by atoms with Crippen LogP contribution in [0.4, 0.5) is 0 Å². The van der Waals surface area contributed by atoms with E-state index in [1.165, 1.54) is 0 Å². The Kier molecular flexibility index (Phi) is 5.84. The molecule has 4 rings (SSSR count). The van der Waals surface area contributed by atoms with Gasteiger partial charge in [0.2, 0.25) is 0 Å². The molecule has 0 spiro atoms. The van der Waals surface area contributed by atoms with Gasteiger partial charge >= 0.3 is 5.97 Å². The van der Waals surface area contributed by atoms with Crippen LogP contribution in [0.2, 0.25) is 0 Å².